The van der Waals surface area contributed by atoms with E-state index in [2.05, 4.69) is 0 Å². The molecule has 0 aliphatic heterocycles. The first kappa shape index (κ1) is 18.0. The van der Waals surface area contributed by atoms with E-state index in [1.54, 1.807) is 24.3 Å². The molecule has 0 amide bonds. The Kier molecular flexibility index (Phi) is 5.92. The zero-order valence-electron chi connectivity index (χ0n) is 14.4. The van der Waals surface area contributed by atoms with Crippen molar-refractivity contribution in [3.63, 3.8) is 0 Å². The molecule has 0 saturated heterocycles. The first-order valence-corrected chi connectivity index (χ1v) is 8.68. The Bertz CT molecular complexity index is 871. The number of ether oxygens (including phenoxy) is 2. The number of carbonyl (C=O) groups excluding carboxylic acids is 1. The maximum absolute atomic E-state index is 12.1. The van der Waals surface area contributed by atoms with Crippen molar-refractivity contribution in [2.75, 3.05) is 0 Å². The summed E-state index contributed by atoms with van der Waals surface area (Å²) in [6, 6.07) is 22.4. The SMILES string of the molecule is Cc1cccc(OCc2ccc(C(=O)OCc3ccc(Cl)cc3)cc2)c1. The average Bonchev–Trinajstić information content (AvgIpc) is 2.66. The highest BCUT2D eigenvalue weighted by molar-refractivity contribution is 6.30. The fraction of sp³-hybridized carbons (Fsp3) is 0.136. The molecule has 0 heterocycles. The van der Waals surface area contributed by atoms with Gasteiger partial charge in [0.2, 0.25) is 0 Å². The molecular formula is C22H19ClO3. The van der Waals surface area contributed by atoms with E-state index in [0.717, 1.165) is 22.4 Å². The van der Waals surface area contributed by atoms with E-state index in [4.69, 9.17) is 21.1 Å². The highest BCUT2D eigenvalue weighted by Gasteiger charge is 2.07. The lowest BCUT2D eigenvalue weighted by Crippen LogP contribution is -2.05. The van der Waals surface area contributed by atoms with E-state index in [1.165, 1.54) is 0 Å². The Morgan fingerprint density at radius 1 is 0.885 bits per heavy atom. The van der Waals surface area contributed by atoms with E-state index < -0.39 is 0 Å². The third-order valence-corrected chi connectivity index (χ3v) is 4.12. The van der Waals surface area contributed by atoms with Crippen molar-refractivity contribution in [1.29, 1.82) is 0 Å². The molecule has 0 aliphatic rings. The topological polar surface area (TPSA) is 35.5 Å². The zero-order chi connectivity index (χ0) is 18.4. The fourth-order valence-corrected chi connectivity index (χ4v) is 2.55. The number of rotatable bonds is 6. The smallest absolute Gasteiger partial charge is 0.338 e. The molecule has 3 nitrogen and oxygen atoms in total. The third kappa shape index (κ3) is 5.11. The quantitative estimate of drug-likeness (QED) is 0.534. The lowest BCUT2D eigenvalue weighted by Gasteiger charge is -2.08. The molecule has 0 spiro atoms. The van der Waals surface area contributed by atoms with Gasteiger partial charge < -0.3 is 9.47 Å². The van der Waals surface area contributed by atoms with Gasteiger partial charge in [0.1, 0.15) is 19.0 Å². The minimum Gasteiger partial charge on any atom is -0.489 e. The maximum Gasteiger partial charge on any atom is 0.338 e. The Morgan fingerprint density at radius 3 is 2.23 bits per heavy atom. The average molecular weight is 367 g/mol. The largest absolute Gasteiger partial charge is 0.489 e. The number of halogens is 1. The minimum absolute atomic E-state index is 0.216. The monoisotopic (exact) mass is 366 g/mol. The van der Waals surface area contributed by atoms with Crippen LogP contribution in [0.5, 0.6) is 5.75 Å². The van der Waals surface area contributed by atoms with Crippen molar-refractivity contribution >= 4 is 17.6 Å². The van der Waals surface area contributed by atoms with Crippen molar-refractivity contribution in [2.24, 2.45) is 0 Å². The van der Waals surface area contributed by atoms with Gasteiger partial charge >= 0.3 is 5.97 Å². The molecule has 3 aromatic rings. The summed E-state index contributed by atoms with van der Waals surface area (Å²) >= 11 is 5.84. The molecule has 4 heteroatoms. The predicted octanol–water partition coefficient (Wildman–Crippen LogP) is 5.58. The number of benzene rings is 3. The Labute approximate surface area is 158 Å². The van der Waals surface area contributed by atoms with Crippen LogP contribution in [0.15, 0.2) is 72.8 Å². The van der Waals surface area contributed by atoms with Gasteiger partial charge in [-0.1, -0.05) is 48.0 Å². The van der Waals surface area contributed by atoms with E-state index >= 15 is 0 Å². The van der Waals surface area contributed by atoms with Crippen LogP contribution >= 0.6 is 11.6 Å². The Morgan fingerprint density at radius 2 is 1.54 bits per heavy atom. The molecule has 0 aromatic heterocycles. The number of aryl methyl sites for hydroxylation is 1. The van der Waals surface area contributed by atoms with Gasteiger partial charge in [-0.25, -0.2) is 4.79 Å². The normalized spacial score (nSPS) is 10.4. The molecule has 0 unspecified atom stereocenters. The summed E-state index contributed by atoms with van der Waals surface area (Å²) in [6.45, 7) is 2.69. The van der Waals surface area contributed by atoms with Crippen molar-refractivity contribution in [3.8, 4) is 5.75 Å². The molecular weight excluding hydrogens is 348 g/mol. The highest BCUT2D eigenvalue weighted by Crippen LogP contribution is 2.16. The van der Waals surface area contributed by atoms with Crippen LogP contribution in [0.4, 0.5) is 0 Å². The molecule has 0 radical (unpaired) electrons. The van der Waals surface area contributed by atoms with Crippen LogP contribution < -0.4 is 4.74 Å². The van der Waals surface area contributed by atoms with E-state index in [0.29, 0.717) is 17.2 Å². The number of hydrogen-bond donors (Lipinski definition) is 0. The van der Waals surface area contributed by atoms with Crippen LogP contribution in [0.3, 0.4) is 0 Å². The van der Waals surface area contributed by atoms with Crippen molar-refractivity contribution in [2.45, 2.75) is 20.1 Å². The first-order chi connectivity index (χ1) is 12.6. The molecule has 0 saturated carbocycles. The predicted molar refractivity (Wildman–Crippen MR) is 103 cm³/mol. The summed E-state index contributed by atoms with van der Waals surface area (Å²) in [6.07, 6.45) is 0. The molecule has 3 rings (SSSR count). The highest BCUT2D eigenvalue weighted by atomic mass is 35.5. The molecule has 0 bridgehead atoms. The van der Waals surface area contributed by atoms with Gasteiger partial charge in [0, 0.05) is 5.02 Å². The maximum atomic E-state index is 12.1. The summed E-state index contributed by atoms with van der Waals surface area (Å²) in [5.74, 6) is 0.475. The number of esters is 1. The summed E-state index contributed by atoms with van der Waals surface area (Å²) in [4.78, 5) is 12.1. The second-order valence-corrected chi connectivity index (χ2v) is 6.44. The third-order valence-electron chi connectivity index (χ3n) is 3.87. The molecule has 0 fully saturated rings. The van der Waals surface area contributed by atoms with Crippen LogP contribution in [-0.2, 0) is 18.0 Å². The molecule has 3 aromatic carbocycles. The summed E-state index contributed by atoms with van der Waals surface area (Å²) in [5.41, 5.74) is 3.55. The van der Waals surface area contributed by atoms with Crippen molar-refractivity contribution in [1.82, 2.24) is 0 Å². The second kappa shape index (κ2) is 8.54. The zero-order valence-corrected chi connectivity index (χ0v) is 15.2. The molecule has 0 atom stereocenters. The second-order valence-electron chi connectivity index (χ2n) is 6.00. The van der Waals surface area contributed by atoms with Crippen molar-refractivity contribution < 1.29 is 14.3 Å². The van der Waals surface area contributed by atoms with Crippen LogP contribution in [0.2, 0.25) is 5.02 Å². The number of carbonyl (C=O) groups is 1. The van der Waals surface area contributed by atoms with Gasteiger partial charge in [-0.2, -0.15) is 0 Å². The van der Waals surface area contributed by atoms with Gasteiger partial charge in [-0.05, 0) is 60.0 Å². The molecule has 26 heavy (non-hydrogen) atoms. The van der Waals surface area contributed by atoms with E-state index in [-0.39, 0.29) is 12.6 Å². The number of hydrogen-bond acceptors (Lipinski definition) is 3. The molecule has 132 valence electrons. The first-order valence-electron chi connectivity index (χ1n) is 8.30. The lowest BCUT2D eigenvalue weighted by atomic mass is 10.1. The van der Waals surface area contributed by atoms with Gasteiger partial charge in [-0.3, -0.25) is 0 Å². The summed E-state index contributed by atoms with van der Waals surface area (Å²) in [5, 5.41) is 0.656. The van der Waals surface area contributed by atoms with Crippen LogP contribution in [0.1, 0.15) is 27.0 Å². The van der Waals surface area contributed by atoms with Gasteiger partial charge in [0.15, 0.2) is 0 Å². The van der Waals surface area contributed by atoms with E-state index in [9.17, 15) is 4.79 Å². The van der Waals surface area contributed by atoms with Gasteiger partial charge in [-0.15, -0.1) is 0 Å². The summed E-state index contributed by atoms with van der Waals surface area (Å²) in [7, 11) is 0. The van der Waals surface area contributed by atoms with Gasteiger partial charge in [0.25, 0.3) is 0 Å². The van der Waals surface area contributed by atoms with Crippen LogP contribution in [-0.4, -0.2) is 5.97 Å². The fourth-order valence-electron chi connectivity index (χ4n) is 2.42. The standard InChI is InChI=1S/C22H19ClO3/c1-16-3-2-4-21(13-16)25-14-17-5-9-19(10-6-17)22(24)26-15-18-7-11-20(23)12-8-18/h2-13H,14-15H2,1H3. The molecule has 0 N–H and O–H groups in total. The molecule has 0 aliphatic carbocycles. The van der Waals surface area contributed by atoms with Crippen LogP contribution in [0.25, 0.3) is 0 Å². The van der Waals surface area contributed by atoms with E-state index in [1.807, 2.05) is 55.5 Å². The van der Waals surface area contributed by atoms with Gasteiger partial charge in [0.05, 0.1) is 5.56 Å². The summed E-state index contributed by atoms with van der Waals surface area (Å²) < 4.78 is 11.1. The minimum atomic E-state index is -0.355. The lowest BCUT2D eigenvalue weighted by molar-refractivity contribution is 0.0472. The Hall–Kier alpha value is -2.78. The van der Waals surface area contributed by atoms with Crippen LogP contribution in [0, 0.1) is 6.92 Å². The Balaban J connectivity index is 1.53. The van der Waals surface area contributed by atoms with Crippen molar-refractivity contribution in [3.05, 3.63) is 100 Å².